The molecule has 0 atom stereocenters. The van der Waals surface area contributed by atoms with Gasteiger partial charge in [-0.2, -0.15) is 0 Å². The Morgan fingerprint density at radius 2 is 1.44 bits per heavy atom. The molecule has 0 aliphatic rings. The number of halogens is 3. The normalized spacial score (nSPS) is 10.3. The molecule has 0 saturated heterocycles. The molecular formula is C19H12ClF2N3O2. The van der Waals surface area contributed by atoms with Crippen LogP contribution in [-0.2, 0) is 0 Å². The summed E-state index contributed by atoms with van der Waals surface area (Å²) in [5.41, 5.74) is -0.137. The minimum Gasteiger partial charge on any atom is -0.321 e. The summed E-state index contributed by atoms with van der Waals surface area (Å²) >= 11 is 5.99. The van der Waals surface area contributed by atoms with Crippen LogP contribution in [0.2, 0.25) is 5.02 Å². The smallest absolute Gasteiger partial charge is 0.257 e. The average Bonchev–Trinajstić information content (AvgIpc) is 2.66. The summed E-state index contributed by atoms with van der Waals surface area (Å²) in [7, 11) is 0. The Morgan fingerprint density at radius 1 is 0.852 bits per heavy atom. The number of nitrogens with zero attached hydrogens (tertiary/aromatic N) is 1. The Kier molecular flexibility index (Phi) is 5.42. The van der Waals surface area contributed by atoms with Gasteiger partial charge in [0.05, 0.1) is 21.8 Å². The topological polar surface area (TPSA) is 71.1 Å². The molecular weight excluding hydrogens is 376 g/mol. The van der Waals surface area contributed by atoms with Gasteiger partial charge in [-0.1, -0.05) is 29.8 Å². The predicted molar refractivity (Wildman–Crippen MR) is 98.0 cm³/mol. The molecule has 2 N–H and O–H groups in total. The monoisotopic (exact) mass is 387 g/mol. The molecule has 3 rings (SSSR count). The zero-order chi connectivity index (χ0) is 19.4. The Hall–Kier alpha value is -3.32. The lowest BCUT2D eigenvalue weighted by Crippen LogP contribution is -2.17. The van der Waals surface area contributed by atoms with Gasteiger partial charge in [0.25, 0.3) is 11.8 Å². The lowest BCUT2D eigenvalue weighted by molar-refractivity contribution is 0.102. The molecule has 0 aliphatic heterocycles. The van der Waals surface area contributed by atoms with Gasteiger partial charge in [0.1, 0.15) is 17.3 Å². The van der Waals surface area contributed by atoms with E-state index in [0.717, 1.165) is 12.1 Å². The third kappa shape index (κ3) is 4.27. The molecule has 27 heavy (non-hydrogen) atoms. The predicted octanol–water partition coefficient (Wildman–Crippen LogP) is 4.52. The fourth-order valence-corrected chi connectivity index (χ4v) is 2.43. The minimum atomic E-state index is -0.913. The number of pyridine rings is 1. The SMILES string of the molecule is O=C(Nc1ccccc1Cl)c1cncc(C(=O)Nc2c(F)cccc2F)c1. The average molecular weight is 388 g/mol. The maximum absolute atomic E-state index is 13.7. The van der Waals surface area contributed by atoms with Crippen LogP contribution in [-0.4, -0.2) is 16.8 Å². The summed E-state index contributed by atoms with van der Waals surface area (Å²) in [6, 6.07) is 11.1. The number of benzene rings is 2. The van der Waals surface area contributed by atoms with Gasteiger partial charge >= 0.3 is 0 Å². The second-order valence-corrected chi connectivity index (χ2v) is 5.85. The highest BCUT2D eigenvalue weighted by atomic mass is 35.5. The molecule has 8 heteroatoms. The first-order valence-electron chi connectivity index (χ1n) is 7.72. The summed E-state index contributed by atoms with van der Waals surface area (Å²) in [6.07, 6.45) is 2.44. The van der Waals surface area contributed by atoms with Gasteiger partial charge in [-0.05, 0) is 30.3 Å². The molecule has 0 radical (unpaired) electrons. The van der Waals surface area contributed by atoms with E-state index in [1.807, 2.05) is 0 Å². The van der Waals surface area contributed by atoms with E-state index in [9.17, 15) is 18.4 Å². The Labute approximate surface area is 158 Å². The zero-order valence-electron chi connectivity index (χ0n) is 13.7. The molecule has 2 aromatic carbocycles. The highest BCUT2D eigenvalue weighted by molar-refractivity contribution is 6.33. The van der Waals surface area contributed by atoms with Crippen molar-refractivity contribution in [3.63, 3.8) is 0 Å². The number of carbonyl (C=O) groups is 2. The minimum absolute atomic E-state index is 0.0375. The van der Waals surface area contributed by atoms with Crippen molar-refractivity contribution in [2.45, 2.75) is 0 Å². The molecule has 0 aliphatic carbocycles. The van der Waals surface area contributed by atoms with Crippen molar-refractivity contribution in [2.24, 2.45) is 0 Å². The van der Waals surface area contributed by atoms with Crippen LogP contribution in [0.3, 0.4) is 0 Å². The van der Waals surface area contributed by atoms with E-state index >= 15 is 0 Å². The van der Waals surface area contributed by atoms with E-state index in [1.54, 1.807) is 24.3 Å². The van der Waals surface area contributed by atoms with Gasteiger partial charge in [0, 0.05) is 12.4 Å². The van der Waals surface area contributed by atoms with Crippen LogP contribution >= 0.6 is 11.6 Å². The Bertz CT molecular complexity index is 1010. The van der Waals surface area contributed by atoms with Crippen molar-refractivity contribution in [1.29, 1.82) is 0 Å². The van der Waals surface area contributed by atoms with Crippen molar-refractivity contribution in [2.75, 3.05) is 10.6 Å². The molecule has 0 saturated carbocycles. The number of para-hydroxylation sites is 2. The second kappa shape index (κ2) is 7.92. The molecule has 1 heterocycles. The largest absolute Gasteiger partial charge is 0.321 e. The van der Waals surface area contributed by atoms with E-state index in [2.05, 4.69) is 15.6 Å². The van der Waals surface area contributed by atoms with Gasteiger partial charge < -0.3 is 10.6 Å². The molecule has 0 spiro atoms. The zero-order valence-corrected chi connectivity index (χ0v) is 14.4. The number of aromatic nitrogens is 1. The van der Waals surface area contributed by atoms with Crippen LogP contribution in [0.25, 0.3) is 0 Å². The first-order valence-corrected chi connectivity index (χ1v) is 8.10. The van der Waals surface area contributed by atoms with Crippen LogP contribution in [0.4, 0.5) is 20.2 Å². The Balaban J connectivity index is 1.80. The molecule has 0 unspecified atom stereocenters. The van der Waals surface area contributed by atoms with E-state index in [1.165, 1.54) is 24.5 Å². The van der Waals surface area contributed by atoms with Crippen LogP contribution in [0, 0.1) is 11.6 Å². The lowest BCUT2D eigenvalue weighted by Gasteiger charge is -2.09. The van der Waals surface area contributed by atoms with Crippen LogP contribution in [0.5, 0.6) is 0 Å². The molecule has 1 aromatic heterocycles. The molecule has 3 aromatic rings. The van der Waals surface area contributed by atoms with E-state index in [4.69, 9.17) is 11.6 Å². The van der Waals surface area contributed by atoms with Crippen molar-refractivity contribution in [3.8, 4) is 0 Å². The maximum Gasteiger partial charge on any atom is 0.257 e. The molecule has 0 fully saturated rings. The van der Waals surface area contributed by atoms with Gasteiger partial charge in [0.2, 0.25) is 0 Å². The van der Waals surface area contributed by atoms with Crippen molar-refractivity contribution in [3.05, 3.63) is 88.7 Å². The standard InChI is InChI=1S/C19H12ClF2N3O2/c20-13-4-1-2-7-16(13)24-18(26)11-8-12(10-23-9-11)19(27)25-17-14(21)5-3-6-15(17)22/h1-10H,(H,24,26)(H,25,27). The molecule has 0 bridgehead atoms. The van der Waals surface area contributed by atoms with E-state index in [0.29, 0.717) is 10.7 Å². The summed E-state index contributed by atoms with van der Waals surface area (Å²) < 4.78 is 27.3. The van der Waals surface area contributed by atoms with Gasteiger partial charge in [-0.15, -0.1) is 0 Å². The number of hydrogen-bond acceptors (Lipinski definition) is 3. The summed E-state index contributed by atoms with van der Waals surface area (Å²) in [4.78, 5) is 28.4. The third-order valence-electron chi connectivity index (χ3n) is 3.59. The number of amides is 2. The first kappa shape index (κ1) is 18.5. The van der Waals surface area contributed by atoms with Crippen LogP contribution < -0.4 is 10.6 Å². The summed E-state index contributed by atoms with van der Waals surface area (Å²) in [5.74, 6) is -3.17. The Morgan fingerprint density at radius 3 is 2.07 bits per heavy atom. The quantitative estimate of drug-likeness (QED) is 0.691. The van der Waals surface area contributed by atoms with E-state index < -0.39 is 29.1 Å². The van der Waals surface area contributed by atoms with Crippen molar-refractivity contribution in [1.82, 2.24) is 4.98 Å². The first-order chi connectivity index (χ1) is 13.0. The number of rotatable bonds is 4. The molecule has 136 valence electrons. The number of nitrogens with one attached hydrogen (secondary N) is 2. The van der Waals surface area contributed by atoms with Crippen molar-refractivity contribution >= 4 is 34.8 Å². The highest BCUT2D eigenvalue weighted by Crippen LogP contribution is 2.22. The maximum atomic E-state index is 13.7. The third-order valence-corrected chi connectivity index (χ3v) is 3.92. The van der Waals surface area contributed by atoms with Gasteiger partial charge in [-0.25, -0.2) is 8.78 Å². The van der Waals surface area contributed by atoms with Crippen LogP contribution in [0.15, 0.2) is 60.9 Å². The lowest BCUT2D eigenvalue weighted by atomic mass is 10.1. The summed E-state index contributed by atoms with van der Waals surface area (Å²) in [6.45, 7) is 0. The van der Waals surface area contributed by atoms with Gasteiger partial charge in [0.15, 0.2) is 0 Å². The second-order valence-electron chi connectivity index (χ2n) is 5.45. The number of anilines is 2. The fourth-order valence-electron chi connectivity index (χ4n) is 2.25. The van der Waals surface area contributed by atoms with Gasteiger partial charge in [-0.3, -0.25) is 14.6 Å². The number of hydrogen-bond donors (Lipinski definition) is 2. The van der Waals surface area contributed by atoms with E-state index in [-0.39, 0.29) is 11.1 Å². The van der Waals surface area contributed by atoms with Crippen LogP contribution in [0.1, 0.15) is 20.7 Å². The number of carbonyl (C=O) groups excluding carboxylic acids is 2. The molecule has 2 amide bonds. The molecule has 5 nitrogen and oxygen atoms in total. The fraction of sp³-hybridized carbons (Fsp3) is 0. The highest BCUT2D eigenvalue weighted by Gasteiger charge is 2.16. The summed E-state index contributed by atoms with van der Waals surface area (Å²) in [5, 5.41) is 5.09. The van der Waals surface area contributed by atoms with Crippen molar-refractivity contribution < 1.29 is 18.4 Å².